The summed E-state index contributed by atoms with van der Waals surface area (Å²) >= 11 is 0. The molecule has 0 N–H and O–H groups in total. The van der Waals surface area contributed by atoms with Crippen LogP contribution >= 0.6 is 0 Å². The number of hydrogen-bond acceptors (Lipinski definition) is 4. The molecule has 0 unspecified atom stereocenters. The van der Waals surface area contributed by atoms with Gasteiger partial charge < -0.3 is 19.1 Å². The first kappa shape index (κ1) is 17.1. The Morgan fingerprint density at radius 3 is 2.50 bits per heavy atom. The zero-order valence-electron chi connectivity index (χ0n) is 14.1. The van der Waals surface area contributed by atoms with E-state index in [9.17, 15) is 0 Å². The SMILES string of the molecule is COc1cccc(OCCOCCN2C[C@H](C)C[C@@H](C)C2)c1. The van der Waals surface area contributed by atoms with Crippen LogP contribution in [0.1, 0.15) is 20.3 Å². The molecular formula is C18H29NO3. The zero-order chi connectivity index (χ0) is 15.8. The minimum atomic E-state index is 0.569. The van der Waals surface area contributed by atoms with Crippen molar-refractivity contribution >= 4 is 0 Å². The fraction of sp³-hybridized carbons (Fsp3) is 0.667. The van der Waals surface area contributed by atoms with Gasteiger partial charge in [-0.2, -0.15) is 0 Å². The number of piperidine rings is 1. The highest BCUT2D eigenvalue weighted by atomic mass is 16.5. The summed E-state index contributed by atoms with van der Waals surface area (Å²) < 4.78 is 16.5. The first-order valence-electron chi connectivity index (χ1n) is 8.24. The molecule has 0 saturated carbocycles. The smallest absolute Gasteiger partial charge is 0.123 e. The van der Waals surface area contributed by atoms with Gasteiger partial charge in [0.15, 0.2) is 0 Å². The van der Waals surface area contributed by atoms with E-state index in [0.717, 1.165) is 36.5 Å². The summed E-state index contributed by atoms with van der Waals surface area (Å²) in [5.74, 6) is 3.24. The van der Waals surface area contributed by atoms with Gasteiger partial charge in [0.2, 0.25) is 0 Å². The van der Waals surface area contributed by atoms with Crippen molar-refractivity contribution in [1.29, 1.82) is 0 Å². The molecule has 124 valence electrons. The normalized spacial score (nSPS) is 22.5. The molecular weight excluding hydrogens is 278 g/mol. The van der Waals surface area contributed by atoms with Crippen LogP contribution < -0.4 is 9.47 Å². The van der Waals surface area contributed by atoms with E-state index in [1.54, 1.807) is 7.11 Å². The van der Waals surface area contributed by atoms with Gasteiger partial charge in [0.1, 0.15) is 18.1 Å². The second-order valence-electron chi connectivity index (χ2n) is 6.35. The number of nitrogens with zero attached hydrogens (tertiary/aromatic N) is 1. The minimum absolute atomic E-state index is 0.569. The number of benzene rings is 1. The lowest BCUT2D eigenvalue weighted by atomic mass is 9.92. The van der Waals surface area contributed by atoms with Gasteiger partial charge in [-0.25, -0.2) is 0 Å². The van der Waals surface area contributed by atoms with Crippen LogP contribution in [0.25, 0.3) is 0 Å². The lowest BCUT2D eigenvalue weighted by molar-refractivity contribution is 0.0595. The number of likely N-dealkylation sites (tertiary alicyclic amines) is 1. The van der Waals surface area contributed by atoms with Crippen molar-refractivity contribution < 1.29 is 14.2 Å². The van der Waals surface area contributed by atoms with Crippen molar-refractivity contribution in [2.75, 3.05) is 46.6 Å². The highest BCUT2D eigenvalue weighted by molar-refractivity contribution is 5.32. The third-order valence-corrected chi connectivity index (χ3v) is 4.03. The molecule has 1 aromatic rings. The molecule has 2 rings (SSSR count). The summed E-state index contributed by atoms with van der Waals surface area (Å²) in [6.45, 7) is 10.1. The molecule has 1 aliphatic rings. The topological polar surface area (TPSA) is 30.9 Å². The molecule has 2 atom stereocenters. The van der Waals surface area contributed by atoms with Gasteiger partial charge in [-0.3, -0.25) is 0 Å². The maximum Gasteiger partial charge on any atom is 0.123 e. The molecule has 0 radical (unpaired) electrons. The lowest BCUT2D eigenvalue weighted by Gasteiger charge is -2.34. The summed E-state index contributed by atoms with van der Waals surface area (Å²) in [6.07, 6.45) is 1.35. The van der Waals surface area contributed by atoms with E-state index in [0.29, 0.717) is 13.2 Å². The molecule has 1 heterocycles. The summed E-state index contributed by atoms with van der Waals surface area (Å²) in [5, 5.41) is 0. The van der Waals surface area contributed by atoms with E-state index < -0.39 is 0 Å². The molecule has 22 heavy (non-hydrogen) atoms. The maximum absolute atomic E-state index is 5.69. The van der Waals surface area contributed by atoms with Gasteiger partial charge in [0.25, 0.3) is 0 Å². The molecule has 1 aliphatic heterocycles. The van der Waals surface area contributed by atoms with Crippen molar-refractivity contribution in [3.8, 4) is 11.5 Å². The number of methoxy groups -OCH3 is 1. The molecule has 0 aliphatic carbocycles. The molecule has 0 bridgehead atoms. The molecule has 1 fully saturated rings. The van der Waals surface area contributed by atoms with E-state index in [1.807, 2.05) is 24.3 Å². The average molecular weight is 307 g/mol. The summed E-state index contributed by atoms with van der Waals surface area (Å²) in [5.41, 5.74) is 0. The number of rotatable bonds is 8. The summed E-state index contributed by atoms with van der Waals surface area (Å²) in [7, 11) is 1.66. The van der Waals surface area contributed by atoms with Crippen LogP contribution in [0, 0.1) is 11.8 Å². The maximum atomic E-state index is 5.69. The Morgan fingerprint density at radius 2 is 1.77 bits per heavy atom. The summed E-state index contributed by atoms with van der Waals surface area (Å²) in [4.78, 5) is 2.52. The third-order valence-electron chi connectivity index (χ3n) is 4.03. The lowest BCUT2D eigenvalue weighted by Crippen LogP contribution is -2.40. The van der Waals surface area contributed by atoms with Gasteiger partial charge in [-0.15, -0.1) is 0 Å². The quantitative estimate of drug-likeness (QED) is 0.691. The predicted molar refractivity (Wildman–Crippen MR) is 88.7 cm³/mol. The van der Waals surface area contributed by atoms with Crippen LogP contribution in [0.5, 0.6) is 11.5 Å². The van der Waals surface area contributed by atoms with Crippen LogP contribution in [-0.4, -0.2) is 51.5 Å². The zero-order valence-corrected chi connectivity index (χ0v) is 14.1. The van der Waals surface area contributed by atoms with Gasteiger partial charge >= 0.3 is 0 Å². The largest absolute Gasteiger partial charge is 0.497 e. The molecule has 0 spiro atoms. The van der Waals surface area contributed by atoms with E-state index in [2.05, 4.69) is 18.7 Å². The Hall–Kier alpha value is -1.26. The average Bonchev–Trinajstić information content (AvgIpc) is 2.50. The second-order valence-corrected chi connectivity index (χ2v) is 6.35. The van der Waals surface area contributed by atoms with Gasteiger partial charge in [0.05, 0.1) is 20.3 Å². The molecule has 0 amide bonds. The Balaban J connectivity index is 1.55. The van der Waals surface area contributed by atoms with Crippen molar-refractivity contribution in [3.05, 3.63) is 24.3 Å². The molecule has 1 saturated heterocycles. The van der Waals surface area contributed by atoms with Gasteiger partial charge in [-0.05, 0) is 30.4 Å². The van der Waals surface area contributed by atoms with Crippen LogP contribution in [0.3, 0.4) is 0 Å². The summed E-state index contributed by atoms with van der Waals surface area (Å²) in [6, 6.07) is 7.65. The predicted octanol–water partition coefficient (Wildman–Crippen LogP) is 3.07. The highest BCUT2D eigenvalue weighted by Crippen LogP contribution is 2.20. The van der Waals surface area contributed by atoms with E-state index in [1.165, 1.54) is 19.5 Å². The molecule has 1 aromatic carbocycles. The van der Waals surface area contributed by atoms with E-state index >= 15 is 0 Å². The monoisotopic (exact) mass is 307 g/mol. The fourth-order valence-corrected chi connectivity index (χ4v) is 3.18. The van der Waals surface area contributed by atoms with Crippen molar-refractivity contribution in [2.24, 2.45) is 11.8 Å². The van der Waals surface area contributed by atoms with Crippen molar-refractivity contribution in [1.82, 2.24) is 4.90 Å². The second kappa shape index (κ2) is 9.01. The van der Waals surface area contributed by atoms with E-state index in [4.69, 9.17) is 14.2 Å². The molecule has 0 aromatic heterocycles. The van der Waals surface area contributed by atoms with Crippen molar-refractivity contribution in [2.45, 2.75) is 20.3 Å². The Kier molecular flexibility index (Phi) is 7.00. The Bertz CT molecular complexity index is 428. The number of hydrogen-bond donors (Lipinski definition) is 0. The third kappa shape index (κ3) is 5.85. The first-order valence-corrected chi connectivity index (χ1v) is 8.24. The van der Waals surface area contributed by atoms with E-state index in [-0.39, 0.29) is 0 Å². The van der Waals surface area contributed by atoms with Crippen LogP contribution in [0.4, 0.5) is 0 Å². The highest BCUT2D eigenvalue weighted by Gasteiger charge is 2.21. The van der Waals surface area contributed by atoms with Gasteiger partial charge in [-0.1, -0.05) is 19.9 Å². The van der Waals surface area contributed by atoms with Crippen LogP contribution in [0.15, 0.2) is 24.3 Å². The Morgan fingerprint density at radius 1 is 1.05 bits per heavy atom. The number of ether oxygens (including phenoxy) is 3. The molecule has 4 heteroatoms. The first-order chi connectivity index (χ1) is 10.7. The Labute approximate surface area is 134 Å². The van der Waals surface area contributed by atoms with Crippen LogP contribution in [-0.2, 0) is 4.74 Å². The van der Waals surface area contributed by atoms with Gasteiger partial charge in [0, 0.05) is 25.7 Å². The van der Waals surface area contributed by atoms with Crippen molar-refractivity contribution in [3.63, 3.8) is 0 Å². The standard InChI is InChI=1S/C18H29NO3/c1-15-11-16(2)14-19(13-15)7-8-21-9-10-22-18-6-4-5-17(12-18)20-3/h4-6,12,15-16H,7-11,13-14H2,1-3H3/t15-,16-/m1/s1. The molecule has 4 nitrogen and oxygen atoms in total. The fourth-order valence-electron chi connectivity index (χ4n) is 3.18. The minimum Gasteiger partial charge on any atom is -0.497 e. The van der Waals surface area contributed by atoms with Crippen LogP contribution in [0.2, 0.25) is 0 Å².